The van der Waals surface area contributed by atoms with E-state index < -0.39 is 0 Å². The zero-order chi connectivity index (χ0) is 8.97. The Kier molecular flexibility index (Phi) is 3.38. The predicted octanol–water partition coefficient (Wildman–Crippen LogP) is 2.59. The van der Waals surface area contributed by atoms with Gasteiger partial charge in [-0.1, -0.05) is 18.2 Å². The lowest BCUT2D eigenvalue weighted by molar-refractivity contribution is 0.909. The molecule has 0 radical (unpaired) electrons. The molecule has 0 aliphatic carbocycles. The normalized spacial score (nSPS) is 12.5. The molecule has 1 aromatic rings. The first-order valence-corrected chi connectivity index (χ1v) is 5.02. The van der Waals surface area contributed by atoms with Gasteiger partial charge in [0.15, 0.2) is 0 Å². The fourth-order valence-electron chi connectivity index (χ4n) is 0.985. The zero-order valence-corrected chi connectivity index (χ0v) is 7.97. The average Bonchev–Trinajstić information content (AvgIpc) is 2.17. The first kappa shape index (κ1) is 9.36. The Morgan fingerprint density at radius 1 is 1.58 bits per heavy atom. The van der Waals surface area contributed by atoms with Crippen molar-refractivity contribution in [1.29, 1.82) is 0 Å². The zero-order valence-electron chi connectivity index (χ0n) is 7.16. The van der Waals surface area contributed by atoms with Crippen LogP contribution in [-0.4, -0.2) is 6.26 Å². The van der Waals surface area contributed by atoms with Gasteiger partial charge in [-0.15, -0.1) is 18.3 Å². The van der Waals surface area contributed by atoms with E-state index in [9.17, 15) is 0 Å². The van der Waals surface area contributed by atoms with Gasteiger partial charge in [-0.2, -0.15) is 0 Å². The van der Waals surface area contributed by atoms with Gasteiger partial charge in [0.05, 0.1) is 0 Å². The van der Waals surface area contributed by atoms with Crippen LogP contribution in [0.15, 0.2) is 41.8 Å². The number of thioether (sulfide) groups is 1. The summed E-state index contributed by atoms with van der Waals surface area (Å²) in [6.07, 6.45) is 3.80. The van der Waals surface area contributed by atoms with Crippen molar-refractivity contribution in [3.8, 4) is 0 Å². The summed E-state index contributed by atoms with van der Waals surface area (Å²) in [6.45, 7) is 3.66. The Hall–Kier alpha value is -0.730. The van der Waals surface area contributed by atoms with Gasteiger partial charge in [0.25, 0.3) is 0 Å². The molecule has 0 fully saturated rings. The van der Waals surface area contributed by atoms with E-state index in [2.05, 4.69) is 25.0 Å². The third-order valence-electron chi connectivity index (χ3n) is 1.73. The molecule has 1 aromatic carbocycles. The predicted molar refractivity (Wildman–Crippen MR) is 55.3 cm³/mol. The molecule has 0 aliphatic heterocycles. The maximum absolute atomic E-state index is 5.79. The van der Waals surface area contributed by atoms with E-state index in [1.165, 1.54) is 4.90 Å². The van der Waals surface area contributed by atoms with Gasteiger partial charge in [-0.05, 0) is 24.0 Å². The van der Waals surface area contributed by atoms with E-state index in [1.54, 1.807) is 17.8 Å². The number of benzene rings is 1. The summed E-state index contributed by atoms with van der Waals surface area (Å²) in [5.74, 6) is 0. The minimum Gasteiger partial charge on any atom is -0.321 e. The molecule has 1 rings (SSSR count). The molecule has 1 unspecified atom stereocenters. The van der Waals surface area contributed by atoms with Crippen molar-refractivity contribution >= 4 is 11.8 Å². The van der Waals surface area contributed by atoms with Crippen molar-refractivity contribution in [3.63, 3.8) is 0 Å². The molecule has 12 heavy (non-hydrogen) atoms. The summed E-state index contributed by atoms with van der Waals surface area (Å²) in [7, 11) is 0. The molecule has 0 heterocycles. The summed E-state index contributed by atoms with van der Waals surface area (Å²) in [5, 5.41) is 0. The second-order valence-corrected chi connectivity index (χ2v) is 3.42. The molecular weight excluding hydrogens is 166 g/mol. The first-order valence-electron chi connectivity index (χ1n) is 3.80. The highest BCUT2D eigenvalue weighted by Crippen LogP contribution is 2.19. The molecule has 0 saturated carbocycles. The molecular formula is C10H13NS. The largest absolute Gasteiger partial charge is 0.321 e. The molecule has 2 heteroatoms. The molecule has 1 atom stereocenters. The molecule has 1 nitrogen and oxygen atoms in total. The van der Waals surface area contributed by atoms with Crippen LogP contribution in [0.1, 0.15) is 11.6 Å². The van der Waals surface area contributed by atoms with Crippen LogP contribution < -0.4 is 5.73 Å². The van der Waals surface area contributed by atoms with Crippen LogP contribution in [0.2, 0.25) is 0 Å². The standard InChI is InChI=1S/C10H13NS/c1-3-10(11)8-5-4-6-9(7-8)12-2/h3-7,10H,1,11H2,2H3. The quantitative estimate of drug-likeness (QED) is 0.570. The Balaban J connectivity index is 2.93. The van der Waals surface area contributed by atoms with E-state index in [0.29, 0.717) is 0 Å². The van der Waals surface area contributed by atoms with Gasteiger partial charge in [-0.25, -0.2) is 0 Å². The first-order chi connectivity index (χ1) is 5.77. The highest BCUT2D eigenvalue weighted by Gasteiger charge is 2.00. The van der Waals surface area contributed by atoms with E-state index in [-0.39, 0.29) is 6.04 Å². The Morgan fingerprint density at radius 2 is 2.33 bits per heavy atom. The minimum atomic E-state index is -0.0444. The lowest BCUT2D eigenvalue weighted by Gasteiger charge is -2.07. The van der Waals surface area contributed by atoms with Gasteiger partial charge in [-0.3, -0.25) is 0 Å². The van der Waals surface area contributed by atoms with E-state index in [4.69, 9.17) is 5.73 Å². The van der Waals surface area contributed by atoms with Crippen LogP contribution in [0.25, 0.3) is 0 Å². The Bertz CT molecular complexity index is 270. The number of hydrogen-bond donors (Lipinski definition) is 1. The van der Waals surface area contributed by atoms with Crippen LogP contribution in [0.5, 0.6) is 0 Å². The number of hydrogen-bond acceptors (Lipinski definition) is 2. The van der Waals surface area contributed by atoms with Crippen LogP contribution in [0.4, 0.5) is 0 Å². The maximum atomic E-state index is 5.79. The topological polar surface area (TPSA) is 26.0 Å². The summed E-state index contributed by atoms with van der Waals surface area (Å²) in [5.41, 5.74) is 6.91. The summed E-state index contributed by atoms with van der Waals surface area (Å²) >= 11 is 1.72. The molecule has 0 amide bonds. The van der Waals surface area contributed by atoms with E-state index in [0.717, 1.165) is 5.56 Å². The third kappa shape index (κ3) is 2.13. The van der Waals surface area contributed by atoms with Crippen molar-refractivity contribution < 1.29 is 0 Å². The van der Waals surface area contributed by atoms with Crippen LogP contribution >= 0.6 is 11.8 Å². The van der Waals surface area contributed by atoms with Crippen molar-refractivity contribution in [3.05, 3.63) is 42.5 Å². The van der Waals surface area contributed by atoms with Gasteiger partial charge < -0.3 is 5.73 Å². The summed E-state index contributed by atoms with van der Waals surface area (Å²) < 4.78 is 0. The summed E-state index contributed by atoms with van der Waals surface area (Å²) in [6, 6.07) is 8.16. The highest BCUT2D eigenvalue weighted by atomic mass is 32.2. The SMILES string of the molecule is C=CC(N)c1cccc(SC)c1. The molecule has 0 spiro atoms. The molecule has 0 saturated heterocycles. The van der Waals surface area contributed by atoms with Gasteiger partial charge in [0.2, 0.25) is 0 Å². The van der Waals surface area contributed by atoms with Crippen molar-refractivity contribution in [2.75, 3.05) is 6.26 Å². The second-order valence-electron chi connectivity index (χ2n) is 2.54. The van der Waals surface area contributed by atoms with Crippen LogP contribution in [0.3, 0.4) is 0 Å². The van der Waals surface area contributed by atoms with E-state index in [1.807, 2.05) is 12.1 Å². The molecule has 0 bridgehead atoms. The van der Waals surface area contributed by atoms with Crippen molar-refractivity contribution in [2.24, 2.45) is 5.73 Å². The van der Waals surface area contributed by atoms with Gasteiger partial charge in [0.1, 0.15) is 0 Å². The maximum Gasteiger partial charge on any atom is 0.0478 e. The monoisotopic (exact) mass is 179 g/mol. The molecule has 0 aromatic heterocycles. The van der Waals surface area contributed by atoms with Crippen LogP contribution in [0, 0.1) is 0 Å². The highest BCUT2D eigenvalue weighted by molar-refractivity contribution is 7.98. The Labute approximate surface area is 77.7 Å². The van der Waals surface area contributed by atoms with Crippen LogP contribution in [-0.2, 0) is 0 Å². The number of nitrogens with two attached hydrogens (primary N) is 1. The average molecular weight is 179 g/mol. The minimum absolute atomic E-state index is 0.0444. The molecule has 2 N–H and O–H groups in total. The van der Waals surface area contributed by atoms with E-state index >= 15 is 0 Å². The van der Waals surface area contributed by atoms with Crippen molar-refractivity contribution in [2.45, 2.75) is 10.9 Å². The van der Waals surface area contributed by atoms with Crippen molar-refractivity contribution in [1.82, 2.24) is 0 Å². The van der Waals surface area contributed by atoms with Gasteiger partial charge >= 0.3 is 0 Å². The fourth-order valence-corrected chi connectivity index (χ4v) is 1.45. The van der Waals surface area contributed by atoms with Gasteiger partial charge in [0, 0.05) is 10.9 Å². The smallest absolute Gasteiger partial charge is 0.0478 e. The Morgan fingerprint density at radius 3 is 2.92 bits per heavy atom. The molecule has 64 valence electrons. The third-order valence-corrected chi connectivity index (χ3v) is 2.46. The molecule has 0 aliphatic rings. The lowest BCUT2D eigenvalue weighted by atomic mass is 10.1. The summed E-state index contributed by atoms with van der Waals surface area (Å²) in [4.78, 5) is 1.24. The fraction of sp³-hybridized carbons (Fsp3) is 0.200. The lowest BCUT2D eigenvalue weighted by Crippen LogP contribution is -2.05. The number of rotatable bonds is 3. The second kappa shape index (κ2) is 4.33.